The Morgan fingerprint density at radius 3 is 1.85 bits per heavy atom. The van der Waals surface area contributed by atoms with Gasteiger partial charge in [-0.15, -0.1) is 11.3 Å². The fourth-order valence-electron chi connectivity index (χ4n) is 7.83. The Balaban J connectivity index is 1.19. The second-order valence-corrected chi connectivity index (χ2v) is 14.8. The SMILES string of the molecule is c1ccc(-c2cc(-c3ccccc3)cc(-c3nc(-c4cccc5oc6ccccc6c45)c4sc5cc(-c6ccc7ccccc7c6)ccc5c4n3)c2)cc1. The third kappa shape index (κ3) is 5.11. The third-order valence-electron chi connectivity index (χ3n) is 10.5. The molecule has 54 heavy (non-hydrogen) atoms. The fourth-order valence-corrected chi connectivity index (χ4v) is 9.01. The van der Waals surface area contributed by atoms with E-state index in [9.17, 15) is 0 Å². The van der Waals surface area contributed by atoms with Crippen molar-refractivity contribution in [2.45, 2.75) is 0 Å². The van der Waals surface area contributed by atoms with Gasteiger partial charge in [0, 0.05) is 32.0 Å². The first-order valence-corrected chi connectivity index (χ1v) is 19.0. The molecule has 252 valence electrons. The van der Waals surface area contributed by atoms with Crippen molar-refractivity contribution in [2.24, 2.45) is 0 Å². The van der Waals surface area contributed by atoms with Crippen molar-refractivity contribution in [3.63, 3.8) is 0 Å². The van der Waals surface area contributed by atoms with Crippen LogP contribution in [0.3, 0.4) is 0 Å². The zero-order valence-corrected chi connectivity index (χ0v) is 29.8. The molecule has 0 saturated heterocycles. The second-order valence-electron chi connectivity index (χ2n) is 13.8. The Labute approximate surface area is 315 Å². The first-order chi connectivity index (χ1) is 26.7. The quantitative estimate of drug-likeness (QED) is 0.179. The highest BCUT2D eigenvalue weighted by Gasteiger charge is 2.21. The molecule has 4 heteroatoms. The summed E-state index contributed by atoms with van der Waals surface area (Å²) >= 11 is 1.76. The summed E-state index contributed by atoms with van der Waals surface area (Å²) in [5.74, 6) is 0.690. The van der Waals surface area contributed by atoms with Crippen molar-refractivity contribution in [1.82, 2.24) is 9.97 Å². The van der Waals surface area contributed by atoms with E-state index < -0.39 is 0 Å². The molecule has 0 aliphatic carbocycles. The van der Waals surface area contributed by atoms with E-state index in [2.05, 4.69) is 164 Å². The molecular formula is C50H30N2OS. The van der Waals surface area contributed by atoms with Crippen LogP contribution in [0.25, 0.3) is 109 Å². The molecule has 11 rings (SSSR count). The van der Waals surface area contributed by atoms with Gasteiger partial charge in [0.05, 0.1) is 15.9 Å². The van der Waals surface area contributed by atoms with Crippen LogP contribution in [0.2, 0.25) is 0 Å². The summed E-state index contributed by atoms with van der Waals surface area (Å²) in [6.07, 6.45) is 0. The summed E-state index contributed by atoms with van der Waals surface area (Å²) < 4.78 is 8.62. The van der Waals surface area contributed by atoms with Gasteiger partial charge in [0.2, 0.25) is 0 Å². The number of hydrogen-bond acceptors (Lipinski definition) is 4. The van der Waals surface area contributed by atoms with E-state index >= 15 is 0 Å². The van der Waals surface area contributed by atoms with Crippen LogP contribution in [0.5, 0.6) is 0 Å². The number of nitrogens with zero attached hydrogens (tertiary/aromatic N) is 2. The predicted molar refractivity (Wildman–Crippen MR) is 227 cm³/mol. The van der Waals surface area contributed by atoms with Gasteiger partial charge < -0.3 is 4.42 Å². The van der Waals surface area contributed by atoms with Crippen LogP contribution in [-0.4, -0.2) is 9.97 Å². The van der Waals surface area contributed by atoms with Crippen molar-refractivity contribution in [3.05, 3.63) is 182 Å². The van der Waals surface area contributed by atoms with Crippen LogP contribution in [-0.2, 0) is 0 Å². The molecule has 0 aliphatic heterocycles. The Bertz CT molecular complexity index is 3160. The third-order valence-corrected chi connectivity index (χ3v) is 11.6. The summed E-state index contributed by atoms with van der Waals surface area (Å²) in [7, 11) is 0. The first-order valence-electron chi connectivity index (χ1n) is 18.1. The number of furan rings is 1. The van der Waals surface area contributed by atoms with E-state index in [0.29, 0.717) is 5.82 Å². The minimum atomic E-state index is 0.690. The summed E-state index contributed by atoms with van der Waals surface area (Å²) in [5.41, 5.74) is 12.5. The van der Waals surface area contributed by atoms with Gasteiger partial charge in [-0.1, -0.05) is 140 Å². The van der Waals surface area contributed by atoms with Gasteiger partial charge in [-0.3, -0.25) is 0 Å². The molecule has 0 bridgehead atoms. The zero-order valence-electron chi connectivity index (χ0n) is 29.0. The molecular weight excluding hydrogens is 677 g/mol. The first kappa shape index (κ1) is 30.7. The Hall–Kier alpha value is -6.88. The number of hydrogen-bond donors (Lipinski definition) is 0. The molecule has 0 spiro atoms. The van der Waals surface area contributed by atoms with Crippen molar-refractivity contribution in [1.29, 1.82) is 0 Å². The lowest BCUT2D eigenvalue weighted by molar-refractivity contribution is 0.669. The van der Waals surface area contributed by atoms with Gasteiger partial charge in [0.25, 0.3) is 0 Å². The molecule has 0 N–H and O–H groups in total. The predicted octanol–water partition coefficient (Wildman–Crippen LogP) is 14.2. The van der Waals surface area contributed by atoms with E-state index in [1.807, 2.05) is 18.2 Å². The maximum absolute atomic E-state index is 6.39. The zero-order chi connectivity index (χ0) is 35.6. The Morgan fingerprint density at radius 1 is 0.407 bits per heavy atom. The van der Waals surface area contributed by atoms with E-state index in [4.69, 9.17) is 14.4 Å². The summed E-state index contributed by atoms with van der Waals surface area (Å²) in [5, 5.41) is 5.74. The molecule has 0 aliphatic rings. The highest BCUT2D eigenvalue weighted by molar-refractivity contribution is 7.26. The number of para-hydroxylation sites is 1. The van der Waals surface area contributed by atoms with Gasteiger partial charge in [-0.05, 0) is 86.6 Å². The van der Waals surface area contributed by atoms with Gasteiger partial charge in [0.15, 0.2) is 5.82 Å². The molecule has 0 amide bonds. The normalized spacial score (nSPS) is 11.7. The van der Waals surface area contributed by atoms with E-state index in [0.717, 1.165) is 76.6 Å². The molecule has 11 aromatic rings. The number of thiophene rings is 1. The van der Waals surface area contributed by atoms with Crippen molar-refractivity contribution in [2.75, 3.05) is 0 Å². The standard InChI is InChI=1S/C50H30N2OS/c1-3-12-31(13-4-1)37-27-38(32-14-5-2-6-15-32)29-39(28-37)50-51-47-41-25-24-36(35-23-22-33-16-7-8-17-34(33)26-35)30-45(41)54-49(47)48(52-50)42-19-11-21-44-46(42)40-18-9-10-20-43(40)53-44/h1-30H. The second kappa shape index (κ2) is 12.4. The van der Waals surface area contributed by atoms with Crippen molar-refractivity contribution >= 4 is 64.4 Å². The Kier molecular flexibility index (Phi) is 7.04. The lowest BCUT2D eigenvalue weighted by Crippen LogP contribution is -1.95. The van der Waals surface area contributed by atoms with Gasteiger partial charge in [0.1, 0.15) is 11.2 Å². The molecule has 3 nitrogen and oxygen atoms in total. The molecule has 0 saturated carbocycles. The minimum Gasteiger partial charge on any atom is -0.456 e. The average molecular weight is 707 g/mol. The monoisotopic (exact) mass is 706 g/mol. The summed E-state index contributed by atoms with van der Waals surface area (Å²) in [4.78, 5) is 11.0. The number of benzene rings is 8. The van der Waals surface area contributed by atoms with Crippen LogP contribution in [0, 0.1) is 0 Å². The van der Waals surface area contributed by atoms with E-state index in [1.54, 1.807) is 11.3 Å². The number of aromatic nitrogens is 2. The molecule has 0 fully saturated rings. The van der Waals surface area contributed by atoms with Crippen LogP contribution >= 0.6 is 11.3 Å². The molecule has 0 atom stereocenters. The number of rotatable bonds is 5. The highest BCUT2D eigenvalue weighted by Crippen LogP contribution is 2.45. The molecule has 3 aromatic heterocycles. The van der Waals surface area contributed by atoms with Crippen LogP contribution in [0.1, 0.15) is 0 Å². The molecule has 0 radical (unpaired) electrons. The van der Waals surface area contributed by atoms with E-state index in [-0.39, 0.29) is 0 Å². The largest absolute Gasteiger partial charge is 0.456 e. The van der Waals surface area contributed by atoms with Crippen LogP contribution < -0.4 is 0 Å². The van der Waals surface area contributed by atoms with E-state index in [1.165, 1.54) is 26.6 Å². The fraction of sp³-hybridized carbons (Fsp3) is 0. The Morgan fingerprint density at radius 2 is 1.06 bits per heavy atom. The molecule has 8 aromatic carbocycles. The van der Waals surface area contributed by atoms with Crippen molar-refractivity contribution < 1.29 is 4.42 Å². The lowest BCUT2D eigenvalue weighted by Gasteiger charge is -2.12. The smallest absolute Gasteiger partial charge is 0.160 e. The number of fused-ring (bicyclic) bond motifs is 7. The van der Waals surface area contributed by atoms with Gasteiger partial charge >= 0.3 is 0 Å². The van der Waals surface area contributed by atoms with Crippen LogP contribution in [0.15, 0.2) is 186 Å². The maximum atomic E-state index is 6.39. The molecule has 3 heterocycles. The minimum absolute atomic E-state index is 0.690. The molecule has 0 unspecified atom stereocenters. The van der Waals surface area contributed by atoms with Crippen molar-refractivity contribution in [3.8, 4) is 56.0 Å². The summed E-state index contributed by atoms with van der Waals surface area (Å²) in [6, 6.07) is 64.4. The average Bonchev–Trinajstić information content (AvgIpc) is 3.82. The van der Waals surface area contributed by atoms with Gasteiger partial charge in [-0.2, -0.15) is 0 Å². The maximum Gasteiger partial charge on any atom is 0.160 e. The highest BCUT2D eigenvalue weighted by atomic mass is 32.1. The topological polar surface area (TPSA) is 38.9 Å². The summed E-state index contributed by atoms with van der Waals surface area (Å²) in [6.45, 7) is 0. The van der Waals surface area contributed by atoms with Gasteiger partial charge in [-0.25, -0.2) is 9.97 Å². The van der Waals surface area contributed by atoms with Crippen LogP contribution in [0.4, 0.5) is 0 Å². The lowest BCUT2D eigenvalue weighted by atomic mass is 9.95.